The van der Waals surface area contributed by atoms with Crippen molar-refractivity contribution in [2.45, 2.75) is 12.5 Å². The molecule has 118 valence electrons. The molecule has 1 aliphatic heterocycles. The average Bonchev–Trinajstić information content (AvgIpc) is 3.01. The Bertz CT molecular complexity index is 592. The third-order valence-electron chi connectivity index (χ3n) is 3.46. The van der Waals surface area contributed by atoms with Crippen molar-refractivity contribution in [1.29, 1.82) is 0 Å². The van der Waals surface area contributed by atoms with Gasteiger partial charge in [-0.15, -0.1) is 12.4 Å². The van der Waals surface area contributed by atoms with Gasteiger partial charge in [-0.3, -0.25) is 0 Å². The largest absolute Gasteiger partial charge is 0.482 e. The van der Waals surface area contributed by atoms with Crippen LogP contribution in [0.3, 0.4) is 0 Å². The van der Waals surface area contributed by atoms with Gasteiger partial charge in [-0.2, -0.15) is 0 Å². The molecule has 4 nitrogen and oxygen atoms in total. The molecule has 0 saturated heterocycles. The smallest absolute Gasteiger partial charge is 0.231 e. The average molecular weight is 322 g/mol. The maximum absolute atomic E-state index is 6.20. The second kappa shape index (κ2) is 7.92. The molecule has 0 aromatic heterocycles. The number of halogens is 1. The predicted molar refractivity (Wildman–Crippen MR) is 88.2 cm³/mol. The molecule has 0 saturated carbocycles. The van der Waals surface area contributed by atoms with Crippen molar-refractivity contribution in [2.75, 3.05) is 20.4 Å². The van der Waals surface area contributed by atoms with Crippen LogP contribution in [-0.2, 0) is 0 Å². The van der Waals surface area contributed by atoms with Crippen LogP contribution < -0.4 is 19.5 Å². The Morgan fingerprint density at radius 1 is 1.09 bits per heavy atom. The molecule has 0 radical (unpaired) electrons. The molecule has 0 unspecified atom stereocenters. The molecule has 2 aromatic rings. The van der Waals surface area contributed by atoms with Crippen molar-refractivity contribution in [2.24, 2.45) is 0 Å². The third kappa shape index (κ3) is 3.64. The van der Waals surface area contributed by atoms with Crippen molar-refractivity contribution in [3.63, 3.8) is 0 Å². The van der Waals surface area contributed by atoms with E-state index in [1.807, 2.05) is 43.4 Å². The number of fused-ring (bicyclic) bond motifs is 1. The minimum absolute atomic E-state index is 0. The summed E-state index contributed by atoms with van der Waals surface area (Å²) in [5.74, 6) is 2.17. The number of hydrogen-bond donors (Lipinski definition) is 1. The van der Waals surface area contributed by atoms with Crippen molar-refractivity contribution >= 4 is 12.4 Å². The highest BCUT2D eigenvalue weighted by Gasteiger charge is 2.21. The Labute approximate surface area is 136 Å². The van der Waals surface area contributed by atoms with E-state index in [1.54, 1.807) is 0 Å². The zero-order chi connectivity index (χ0) is 14.5. The normalized spacial score (nSPS) is 13.3. The Morgan fingerprint density at radius 3 is 2.68 bits per heavy atom. The molecule has 1 atom stereocenters. The van der Waals surface area contributed by atoms with Crippen molar-refractivity contribution < 1.29 is 14.2 Å². The van der Waals surface area contributed by atoms with Gasteiger partial charge in [-0.05, 0) is 31.3 Å². The highest BCUT2D eigenvalue weighted by molar-refractivity contribution is 5.85. The molecule has 0 aliphatic carbocycles. The summed E-state index contributed by atoms with van der Waals surface area (Å²) in [5, 5.41) is 3.17. The molecule has 5 heteroatoms. The summed E-state index contributed by atoms with van der Waals surface area (Å²) in [5.41, 5.74) is 1.16. The number of rotatable bonds is 6. The molecule has 0 fully saturated rings. The van der Waals surface area contributed by atoms with Gasteiger partial charge in [-0.25, -0.2) is 0 Å². The number of para-hydroxylation sites is 1. The summed E-state index contributed by atoms with van der Waals surface area (Å²) in [4.78, 5) is 0. The van der Waals surface area contributed by atoms with Gasteiger partial charge in [0.2, 0.25) is 12.5 Å². The first-order valence-electron chi connectivity index (χ1n) is 7.13. The van der Waals surface area contributed by atoms with Gasteiger partial charge in [0, 0.05) is 6.42 Å². The first kappa shape index (κ1) is 16.5. The lowest BCUT2D eigenvalue weighted by molar-refractivity contribution is 0.158. The lowest BCUT2D eigenvalue weighted by Crippen LogP contribution is -2.16. The van der Waals surface area contributed by atoms with Gasteiger partial charge in [-0.1, -0.05) is 36.4 Å². The minimum Gasteiger partial charge on any atom is -0.482 e. The molecule has 2 aromatic carbocycles. The van der Waals surface area contributed by atoms with Gasteiger partial charge in [0.1, 0.15) is 6.10 Å². The Balaban J connectivity index is 0.00000176. The molecule has 1 N–H and O–H groups in total. The second-order valence-corrected chi connectivity index (χ2v) is 4.90. The van der Waals surface area contributed by atoms with Crippen molar-refractivity contribution in [1.82, 2.24) is 5.32 Å². The fourth-order valence-corrected chi connectivity index (χ4v) is 2.39. The van der Waals surface area contributed by atoms with Gasteiger partial charge in [0.05, 0.1) is 0 Å². The molecular weight excluding hydrogens is 302 g/mol. The van der Waals surface area contributed by atoms with Crippen molar-refractivity contribution in [3.05, 3.63) is 54.1 Å². The van der Waals surface area contributed by atoms with E-state index in [1.165, 1.54) is 0 Å². The SMILES string of the molecule is CNCC[C@H](Oc1cccc2c1OCO2)c1ccccc1.Cl. The minimum atomic E-state index is -0.0191. The summed E-state index contributed by atoms with van der Waals surface area (Å²) in [6, 6.07) is 16.0. The first-order valence-corrected chi connectivity index (χ1v) is 7.13. The van der Waals surface area contributed by atoms with E-state index >= 15 is 0 Å². The highest BCUT2D eigenvalue weighted by Crippen LogP contribution is 2.42. The quantitative estimate of drug-likeness (QED) is 0.883. The summed E-state index contributed by atoms with van der Waals surface area (Å²) < 4.78 is 17.1. The zero-order valence-corrected chi connectivity index (χ0v) is 13.3. The molecule has 0 spiro atoms. The predicted octanol–water partition coefficient (Wildman–Crippen LogP) is 3.57. The maximum atomic E-state index is 6.20. The summed E-state index contributed by atoms with van der Waals surface area (Å²) in [6.45, 7) is 1.13. The van der Waals surface area contributed by atoms with Gasteiger partial charge < -0.3 is 19.5 Å². The van der Waals surface area contributed by atoms with Crippen LogP contribution in [0.4, 0.5) is 0 Å². The summed E-state index contributed by atoms with van der Waals surface area (Å²) in [6.07, 6.45) is 0.861. The Morgan fingerprint density at radius 2 is 1.91 bits per heavy atom. The van der Waals surface area contributed by atoms with Crippen LogP contribution in [0.15, 0.2) is 48.5 Å². The second-order valence-electron chi connectivity index (χ2n) is 4.90. The molecular formula is C17H20ClNO3. The Hall–Kier alpha value is -1.91. The van der Waals surface area contributed by atoms with Crippen LogP contribution in [0.25, 0.3) is 0 Å². The Kier molecular flexibility index (Phi) is 5.92. The van der Waals surface area contributed by atoms with Crippen LogP contribution in [0, 0.1) is 0 Å². The molecule has 22 heavy (non-hydrogen) atoms. The van der Waals surface area contributed by atoms with E-state index in [-0.39, 0.29) is 25.3 Å². The number of nitrogens with one attached hydrogen (secondary N) is 1. The summed E-state index contributed by atoms with van der Waals surface area (Å²) >= 11 is 0. The first-order chi connectivity index (χ1) is 10.4. The topological polar surface area (TPSA) is 39.7 Å². The fourth-order valence-electron chi connectivity index (χ4n) is 2.39. The van der Waals surface area contributed by atoms with Gasteiger partial charge in [0.25, 0.3) is 0 Å². The van der Waals surface area contributed by atoms with E-state index in [2.05, 4.69) is 17.4 Å². The third-order valence-corrected chi connectivity index (χ3v) is 3.46. The molecule has 1 heterocycles. The fraction of sp³-hybridized carbons (Fsp3) is 0.294. The van der Waals surface area contributed by atoms with Crippen LogP contribution in [0.1, 0.15) is 18.1 Å². The number of ether oxygens (including phenoxy) is 3. The number of hydrogen-bond acceptors (Lipinski definition) is 4. The molecule has 0 bridgehead atoms. The van der Waals surface area contributed by atoms with Gasteiger partial charge >= 0.3 is 0 Å². The van der Waals surface area contributed by atoms with E-state index in [0.717, 1.165) is 30.0 Å². The van der Waals surface area contributed by atoms with Crippen molar-refractivity contribution in [3.8, 4) is 17.2 Å². The molecule has 0 amide bonds. The van der Waals surface area contributed by atoms with Crippen LogP contribution in [0.5, 0.6) is 17.2 Å². The van der Waals surface area contributed by atoms with Crippen LogP contribution in [-0.4, -0.2) is 20.4 Å². The van der Waals surface area contributed by atoms with E-state index < -0.39 is 0 Å². The zero-order valence-electron chi connectivity index (χ0n) is 12.5. The van der Waals surface area contributed by atoms with E-state index in [0.29, 0.717) is 5.75 Å². The number of benzene rings is 2. The summed E-state index contributed by atoms with van der Waals surface area (Å²) in [7, 11) is 1.94. The highest BCUT2D eigenvalue weighted by atomic mass is 35.5. The molecule has 1 aliphatic rings. The standard InChI is InChI=1S/C17H19NO3.ClH/c1-18-11-10-14(13-6-3-2-4-7-13)21-16-9-5-8-15-17(16)20-12-19-15;/h2-9,14,18H,10-12H2,1H3;1H/t14-;/m0./s1. The maximum Gasteiger partial charge on any atom is 0.231 e. The van der Waals surface area contributed by atoms with Crippen LogP contribution >= 0.6 is 12.4 Å². The van der Waals surface area contributed by atoms with E-state index in [9.17, 15) is 0 Å². The monoisotopic (exact) mass is 321 g/mol. The van der Waals surface area contributed by atoms with E-state index in [4.69, 9.17) is 14.2 Å². The lowest BCUT2D eigenvalue weighted by atomic mass is 10.1. The lowest BCUT2D eigenvalue weighted by Gasteiger charge is -2.20. The van der Waals surface area contributed by atoms with Gasteiger partial charge in [0.15, 0.2) is 11.5 Å². The van der Waals surface area contributed by atoms with Crippen LogP contribution in [0.2, 0.25) is 0 Å². The molecule has 3 rings (SSSR count).